The number of carbonyl (C=O) groups excluding carboxylic acids is 2. The molecule has 0 saturated heterocycles. The van der Waals surface area contributed by atoms with E-state index in [4.69, 9.17) is 9.47 Å². The number of esters is 2. The molecule has 146 valence electrons. The lowest BCUT2D eigenvalue weighted by molar-refractivity contribution is -0.144. The molecule has 0 saturated carbocycles. The van der Waals surface area contributed by atoms with Gasteiger partial charge in [-0.05, 0) is 44.4 Å². The topological polar surface area (TPSA) is 52.6 Å². The molecule has 0 radical (unpaired) electrons. The highest BCUT2D eigenvalue weighted by Crippen LogP contribution is 2.10. The molecule has 4 heteroatoms. The van der Waals surface area contributed by atoms with Gasteiger partial charge in [0.25, 0.3) is 0 Å². The minimum Gasteiger partial charge on any atom is -0.466 e. The Morgan fingerprint density at radius 1 is 0.800 bits per heavy atom. The van der Waals surface area contributed by atoms with E-state index in [1.54, 1.807) is 0 Å². The van der Waals surface area contributed by atoms with Gasteiger partial charge < -0.3 is 9.47 Å². The Balaban J connectivity index is 3.28. The molecule has 0 rings (SSSR count). The molecule has 25 heavy (non-hydrogen) atoms. The number of hydrogen-bond acceptors (Lipinski definition) is 4. The van der Waals surface area contributed by atoms with Crippen molar-refractivity contribution in [2.45, 2.75) is 90.9 Å². The molecule has 0 aromatic heterocycles. The van der Waals surface area contributed by atoms with Crippen LogP contribution in [-0.2, 0) is 19.1 Å². The van der Waals surface area contributed by atoms with Gasteiger partial charge in [0.05, 0.1) is 13.2 Å². The van der Waals surface area contributed by atoms with Crippen molar-refractivity contribution >= 4 is 11.9 Å². The van der Waals surface area contributed by atoms with Gasteiger partial charge in [-0.1, -0.05) is 45.6 Å². The Morgan fingerprint density at radius 3 is 1.76 bits per heavy atom. The lowest BCUT2D eigenvalue weighted by Crippen LogP contribution is -2.06. The van der Waals surface area contributed by atoms with E-state index in [1.807, 2.05) is 6.08 Å². The number of carbonyl (C=O) groups is 2. The van der Waals surface area contributed by atoms with E-state index < -0.39 is 0 Å². The average molecular weight is 355 g/mol. The molecule has 0 unspecified atom stereocenters. The van der Waals surface area contributed by atoms with Crippen molar-refractivity contribution < 1.29 is 19.1 Å². The zero-order valence-electron chi connectivity index (χ0n) is 16.4. The van der Waals surface area contributed by atoms with Gasteiger partial charge in [0.2, 0.25) is 0 Å². The lowest BCUT2D eigenvalue weighted by Gasteiger charge is -2.06. The highest BCUT2D eigenvalue weighted by Gasteiger charge is 2.04. The summed E-state index contributed by atoms with van der Waals surface area (Å²) >= 11 is 0. The second-order valence-corrected chi connectivity index (χ2v) is 7.03. The molecule has 0 N–H and O–H groups in total. The van der Waals surface area contributed by atoms with E-state index in [0.717, 1.165) is 64.2 Å². The second-order valence-electron chi connectivity index (χ2n) is 7.03. The molecule has 0 atom stereocenters. The zero-order chi connectivity index (χ0) is 18.8. The standard InChI is InChI=1S/C21H38O4/c1-4-5-12-17-24-20(22)15-10-8-6-7-9-11-16-21(23)25-18-13-14-19(2)3/h4,19H,1,5-18H2,2-3H3. The second kappa shape index (κ2) is 17.5. The van der Waals surface area contributed by atoms with Gasteiger partial charge in [0.1, 0.15) is 0 Å². The molecule has 0 aliphatic rings. The number of unbranched alkanes of at least 4 members (excludes halogenated alkanes) is 6. The molecule has 4 nitrogen and oxygen atoms in total. The van der Waals surface area contributed by atoms with Crippen molar-refractivity contribution in [1.29, 1.82) is 0 Å². The van der Waals surface area contributed by atoms with Crippen LogP contribution in [0.25, 0.3) is 0 Å². The van der Waals surface area contributed by atoms with Crippen LogP contribution in [0, 0.1) is 5.92 Å². The van der Waals surface area contributed by atoms with Crippen LogP contribution in [0.1, 0.15) is 90.9 Å². The maximum absolute atomic E-state index is 11.5. The van der Waals surface area contributed by atoms with Crippen LogP contribution in [0.5, 0.6) is 0 Å². The zero-order valence-corrected chi connectivity index (χ0v) is 16.4. The molecule has 0 aliphatic carbocycles. The molecule has 0 bridgehead atoms. The fourth-order valence-corrected chi connectivity index (χ4v) is 2.48. The summed E-state index contributed by atoms with van der Waals surface area (Å²) in [7, 11) is 0. The third-order valence-corrected chi connectivity index (χ3v) is 4.02. The molecule has 0 aromatic carbocycles. The molecule has 0 aliphatic heterocycles. The molecular formula is C21H38O4. The normalized spacial score (nSPS) is 10.7. The number of allylic oxidation sites excluding steroid dienone is 1. The van der Waals surface area contributed by atoms with Crippen molar-refractivity contribution in [1.82, 2.24) is 0 Å². The highest BCUT2D eigenvalue weighted by atomic mass is 16.5. The monoisotopic (exact) mass is 354 g/mol. The Labute approximate surface area is 154 Å². The Morgan fingerprint density at radius 2 is 1.28 bits per heavy atom. The summed E-state index contributed by atoms with van der Waals surface area (Å²) in [5, 5.41) is 0. The quantitative estimate of drug-likeness (QED) is 0.194. The summed E-state index contributed by atoms with van der Waals surface area (Å²) in [6.07, 6.45) is 12.8. The molecule has 0 heterocycles. The predicted molar refractivity (Wildman–Crippen MR) is 102 cm³/mol. The first kappa shape index (κ1) is 23.7. The Kier molecular flexibility index (Phi) is 16.6. The van der Waals surface area contributed by atoms with Crippen molar-refractivity contribution in [2.24, 2.45) is 5.92 Å². The Bertz CT molecular complexity index is 350. The van der Waals surface area contributed by atoms with Crippen LogP contribution >= 0.6 is 0 Å². The first-order valence-electron chi connectivity index (χ1n) is 9.98. The summed E-state index contributed by atoms with van der Waals surface area (Å²) < 4.78 is 10.3. The van der Waals surface area contributed by atoms with E-state index in [9.17, 15) is 9.59 Å². The van der Waals surface area contributed by atoms with Crippen LogP contribution in [0.4, 0.5) is 0 Å². The molecule has 0 amide bonds. The van der Waals surface area contributed by atoms with Crippen molar-refractivity contribution in [3.8, 4) is 0 Å². The smallest absolute Gasteiger partial charge is 0.305 e. The third kappa shape index (κ3) is 18.9. The SMILES string of the molecule is C=CCCCOC(=O)CCCCCCCCC(=O)OCCCC(C)C. The van der Waals surface area contributed by atoms with Gasteiger partial charge >= 0.3 is 11.9 Å². The van der Waals surface area contributed by atoms with Crippen LogP contribution in [0.15, 0.2) is 12.7 Å². The van der Waals surface area contributed by atoms with Gasteiger partial charge in [-0.3, -0.25) is 9.59 Å². The minimum atomic E-state index is -0.0933. The van der Waals surface area contributed by atoms with Gasteiger partial charge in [0.15, 0.2) is 0 Å². The third-order valence-electron chi connectivity index (χ3n) is 4.02. The van der Waals surface area contributed by atoms with Crippen molar-refractivity contribution in [3.63, 3.8) is 0 Å². The number of hydrogen-bond donors (Lipinski definition) is 0. The fourth-order valence-electron chi connectivity index (χ4n) is 2.48. The predicted octanol–water partition coefficient (Wildman–Crippen LogP) is 5.60. The average Bonchev–Trinajstić information content (AvgIpc) is 2.57. The molecule has 0 aromatic rings. The van der Waals surface area contributed by atoms with E-state index >= 15 is 0 Å². The largest absolute Gasteiger partial charge is 0.466 e. The number of ether oxygens (including phenoxy) is 2. The van der Waals surface area contributed by atoms with Gasteiger partial charge in [0, 0.05) is 12.8 Å². The van der Waals surface area contributed by atoms with Gasteiger partial charge in [-0.15, -0.1) is 6.58 Å². The minimum absolute atomic E-state index is 0.0667. The first-order chi connectivity index (χ1) is 12.1. The summed E-state index contributed by atoms with van der Waals surface area (Å²) in [5.41, 5.74) is 0. The van der Waals surface area contributed by atoms with Crippen LogP contribution in [0.3, 0.4) is 0 Å². The summed E-state index contributed by atoms with van der Waals surface area (Å²) in [6.45, 7) is 9.04. The summed E-state index contributed by atoms with van der Waals surface area (Å²) in [6, 6.07) is 0. The number of rotatable bonds is 17. The van der Waals surface area contributed by atoms with Crippen molar-refractivity contribution in [2.75, 3.05) is 13.2 Å². The van der Waals surface area contributed by atoms with E-state index in [2.05, 4.69) is 20.4 Å². The van der Waals surface area contributed by atoms with Gasteiger partial charge in [-0.2, -0.15) is 0 Å². The van der Waals surface area contributed by atoms with Gasteiger partial charge in [-0.25, -0.2) is 0 Å². The maximum Gasteiger partial charge on any atom is 0.305 e. The summed E-state index contributed by atoms with van der Waals surface area (Å²) in [4.78, 5) is 23.0. The highest BCUT2D eigenvalue weighted by molar-refractivity contribution is 5.69. The van der Waals surface area contributed by atoms with E-state index in [-0.39, 0.29) is 11.9 Å². The van der Waals surface area contributed by atoms with Crippen molar-refractivity contribution in [3.05, 3.63) is 12.7 Å². The van der Waals surface area contributed by atoms with E-state index in [0.29, 0.717) is 32.0 Å². The Hall–Kier alpha value is -1.32. The van der Waals surface area contributed by atoms with Crippen LogP contribution < -0.4 is 0 Å². The molecule has 0 spiro atoms. The fraction of sp³-hybridized carbons (Fsp3) is 0.810. The van der Waals surface area contributed by atoms with Crippen LogP contribution in [0.2, 0.25) is 0 Å². The molecule has 0 fully saturated rings. The lowest BCUT2D eigenvalue weighted by atomic mass is 10.1. The van der Waals surface area contributed by atoms with E-state index in [1.165, 1.54) is 0 Å². The summed E-state index contributed by atoms with van der Waals surface area (Å²) in [5.74, 6) is 0.505. The molecular weight excluding hydrogens is 316 g/mol. The first-order valence-corrected chi connectivity index (χ1v) is 9.98. The maximum atomic E-state index is 11.5. The van der Waals surface area contributed by atoms with Crippen LogP contribution in [-0.4, -0.2) is 25.2 Å².